The Morgan fingerprint density at radius 2 is 1.18 bits per heavy atom. The van der Waals surface area contributed by atoms with Gasteiger partial charge in [-0.15, -0.1) is 0 Å². The van der Waals surface area contributed by atoms with Crippen LogP contribution >= 0.6 is 15.9 Å². The second kappa shape index (κ2) is 16.8. The van der Waals surface area contributed by atoms with Crippen molar-refractivity contribution in [2.75, 3.05) is 0 Å². The quantitative estimate of drug-likeness (QED) is 0.592. The van der Waals surface area contributed by atoms with E-state index in [1.165, 1.54) is 25.7 Å². The molecule has 0 saturated heterocycles. The molecule has 0 unspecified atom stereocenters. The first-order chi connectivity index (χ1) is 4.72. The molecule has 0 bridgehead atoms. The maximum absolute atomic E-state index is 3.48. The van der Waals surface area contributed by atoms with Crippen molar-refractivity contribution in [2.45, 2.75) is 65.6 Å². The summed E-state index contributed by atoms with van der Waals surface area (Å²) < 4.78 is 0. The Morgan fingerprint density at radius 1 is 0.909 bits per heavy atom. The van der Waals surface area contributed by atoms with Crippen LogP contribution in [0.2, 0.25) is 0 Å². The van der Waals surface area contributed by atoms with Crippen LogP contribution in [0.5, 0.6) is 0 Å². The maximum atomic E-state index is 3.48. The number of hydrogen-bond donors (Lipinski definition) is 0. The molecule has 0 spiro atoms. The fraction of sp³-hybridized carbons (Fsp3) is 1.00. The van der Waals surface area contributed by atoms with Gasteiger partial charge in [0.05, 0.1) is 0 Å². The Labute approximate surface area is 81.9 Å². The molecule has 0 aliphatic heterocycles. The number of hydrogen-bond acceptors (Lipinski definition) is 0. The predicted molar refractivity (Wildman–Crippen MR) is 60.6 cm³/mol. The van der Waals surface area contributed by atoms with E-state index in [1.807, 2.05) is 0 Å². The van der Waals surface area contributed by atoms with Crippen LogP contribution in [0.25, 0.3) is 0 Å². The van der Waals surface area contributed by atoms with Crippen molar-refractivity contribution in [3.63, 3.8) is 0 Å². The standard InChI is InChI=1S/C5H11Br.C4H10.CH4/c1-3-5(6)4-2;1-3-4-2;/h5H,3-4H2,1-2H3;3-4H2,1-2H3;1H4. The zero-order valence-corrected chi connectivity index (χ0v) is 9.37. The van der Waals surface area contributed by atoms with Crippen molar-refractivity contribution in [1.29, 1.82) is 0 Å². The lowest BCUT2D eigenvalue weighted by Gasteiger charge is -1.96. The van der Waals surface area contributed by atoms with Crippen LogP contribution in [-0.2, 0) is 0 Å². The lowest BCUT2D eigenvalue weighted by atomic mass is 10.3. The lowest BCUT2D eigenvalue weighted by Crippen LogP contribution is -1.88. The first kappa shape index (κ1) is 17.5. The van der Waals surface area contributed by atoms with Gasteiger partial charge in [-0.2, -0.15) is 0 Å². The summed E-state index contributed by atoms with van der Waals surface area (Å²) in [4.78, 5) is 0.748. The SMILES string of the molecule is C.CCC(Br)CC.CCCC. The molecule has 0 amide bonds. The number of rotatable bonds is 3. The van der Waals surface area contributed by atoms with E-state index in [-0.39, 0.29) is 7.43 Å². The molecule has 0 aromatic rings. The van der Waals surface area contributed by atoms with Gasteiger partial charge in [-0.05, 0) is 12.8 Å². The van der Waals surface area contributed by atoms with Crippen LogP contribution in [0, 0.1) is 0 Å². The summed E-state index contributed by atoms with van der Waals surface area (Å²) in [5.41, 5.74) is 0. The molecular formula is C10H25Br. The molecule has 0 aromatic carbocycles. The number of alkyl halides is 1. The van der Waals surface area contributed by atoms with Crippen molar-refractivity contribution in [3.8, 4) is 0 Å². The van der Waals surface area contributed by atoms with E-state index in [0.29, 0.717) is 0 Å². The van der Waals surface area contributed by atoms with E-state index in [4.69, 9.17) is 0 Å². The van der Waals surface area contributed by atoms with Crippen molar-refractivity contribution < 1.29 is 0 Å². The first-order valence-corrected chi connectivity index (χ1v) is 5.28. The molecule has 0 rings (SSSR count). The minimum absolute atomic E-state index is 0. The summed E-state index contributed by atoms with van der Waals surface area (Å²) in [6.45, 7) is 8.73. The van der Waals surface area contributed by atoms with Crippen molar-refractivity contribution in [2.24, 2.45) is 0 Å². The molecule has 11 heavy (non-hydrogen) atoms. The topological polar surface area (TPSA) is 0 Å². The molecule has 0 aliphatic rings. The Kier molecular flexibility index (Phi) is 26.8. The van der Waals surface area contributed by atoms with Gasteiger partial charge in [0.2, 0.25) is 0 Å². The molecule has 0 atom stereocenters. The van der Waals surface area contributed by atoms with E-state index < -0.39 is 0 Å². The van der Waals surface area contributed by atoms with Gasteiger partial charge in [-0.25, -0.2) is 0 Å². The van der Waals surface area contributed by atoms with E-state index in [2.05, 4.69) is 43.6 Å². The van der Waals surface area contributed by atoms with Crippen LogP contribution in [0.4, 0.5) is 0 Å². The van der Waals surface area contributed by atoms with Gasteiger partial charge in [0, 0.05) is 4.83 Å². The smallest absolute Gasteiger partial charge is 0.0140 e. The molecule has 72 valence electrons. The Balaban J connectivity index is -0.000000114. The van der Waals surface area contributed by atoms with E-state index in [0.717, 1.165) is 4.83 Å². The van der Waals surface area contributed by atoms with Gasteiger partial charge in [0.1, 0.15) is 0 Å². The lowest BCUT2D eigenvalue weighted by molar-refractivity contribution is 0.806. The van der Waals surface area contributed by atoms with Crippen LogP contribution < -0.4 is 0 Å². The van der Waals surface area contributed by atoms with Gasteiger partial charge in [-0.3, -0.25) is 0 Å². The average molecular weight is 225 g/mol. The average Bonchev–Trinajstić information content (AvgIpc) is 2.03. The summed E-state index contributed by atoms with van der Waals surface area (Å²) in [5.74, 6) is 0. The first-order valence-electron chi connectivity index (χ1n) is 4.36. The fourth-order valence-electron chi connectivity index (χ4n) is 0.289. The minimum atomic E-state index is 0. The van der Waals surface area contributed by atoms with Gasteiger partial charge >= 0.3 is 0 Å². The van der Waals surface area contributed by atoms with Crippen LogP contribution in [0.1, 0.15) is 60.8 Å². The largest absolute Gasteiger partial charge is 0.0891 e. The third-order valence-electron chi connectivity index (χ3n) is 1.39. The molecule has 1 heteroatoms. The van der Waals surface area contributed by atoms with Gasteiger partial charge in [-0.1, -0.05) is 63.9 Å². The van der Waals surface area contributed by atoms with Gasteiger partial charge in [0.15, 0.2) is 0 Å². The highest BCUT2D eigenvalue weighted by atomic mass is 79.9. The van der Waals surface area contributed by atoms with E-state index in [9.17, 15) is 0 Å². The highest BCUT2D eigenvalue weighted by molar-refractivity contribution is 9.09. The third kappa shape index (κ3) is 25.1. The normalized spacial score (nSPS) is 8.18. The third-order valence-corrected chi connectivity index (χ3v) is 2.68. The molecular weight excluding hydrogens is 200 g/mol. The zero-order valence-electron chi connectivity index (χ0n) is 7.78. The molecule has 0 aromatic heterocycles. The molecule has 0 N–H and O–H groups in total. The second-order valence-corrected chi connectivity index (χ2v) is 3.71. The molecule has 0 saturated carbocycles. The van der Waals surface area contributed by atoms with Crippen molar-refractivity contribution in [3.05, 3.63) is 0 Å². The summed E-state index contributed by atoms with van der Waals surface area (Å²) in [6.07, 6.45) is 5.13. The Bertz CT molecular complexity index is 38.1. The van der Waals surface area contributed by atoms with Crippen molar-refractivity contribution >= 4 is 15.9 Å². The maximum Gasteiger partial charge on any atom is 0.0140 e. The van der Waals surface area contributed by atoms with Crippen LogP contribution in [0.3, 0.4) is 0 Å². The molecule has 0 heterocycles. The minimum Gasteiger partial charge on any atom is -0.0891 e. The number of unbranched alkanes of at least 4 members (excludes halogenated alkanes) is 1. The molecule has 0 aliphatic carbocycles. The van der Waals surface area contributed by atoms with Crippen LogP contribution in [-0.4, -0.2) is 4.83 Å². The Morgan fingerprint density at radius 3 is 1.18 bits per heavy atom. The monoisotopic (exact) mass is 224 g/mol. The second-order valence-electron chi connectivity index (χ2n) is 2.41. The molecule has 0 nitrogen and oxygen atoms in total. The van der Waals surface area contributed by atoms with Gasteiger partial charge < -0.3 is 0 Å². The fourth-order valence-corrected chi connectivity index (χ4v) is 0.289. The van der Waals surface area contributed by atoms with Gasteiger partial charge in [0.25, 0.3) is 0 Å². The predicted octanol–water partition coefficient (Wildman–Crippen LogP) is 5.01. The summed E-state index contributed by atoms with van der Waals surface area (Å²) >= 11 is 3.48. The van der Waals surface area contributed by atoms with E-state index in [1.54, 1.807) is 0 Å². The zero-order chi connectivity index (χ0) is 8.41. The highest BCUT2D eigenvalue weighted by Gasteiger charge is 1.91. The summed E-state index contributed by atoms with van der Waals surface area (Å²) in [6, 6.07) is 0. The summed E-state index contributed by atoms with van der Waals surface area (Å²) in [5, 5.41) is 0. The Hall–Kier alpha value is 0.480. The van der Waals surface area contributed by atoms with Crippen LogP contribution in [0.15, 0.2) is 0 Å². The highest BCUT2D eigenvalue weighted by Crippen LogP contribution is 2.06. The summed E-state index contributed by atoms with van der Waals surface area (Å²) in [7, 11) is 0. The number of halogens is 1. The molecule has 0 fully saturated rings. The van der Waals surface area contributed by atoms with E-state index >= 15 is 0 Å². The molecule has 0 radical (unpaired) electrons. The van der Waals surface area contributed by atoms with Crippen molar-refractivity contribution in [1.82, 2.24) is 0 Å².